The molecule has 1 aromatic carbocycles. The van der Waals surface area contributed by atoms with Gasteiger partial charge in [0.1, 0.15) is 0 Å². The third-order valence-electron chi connectivity index (χ3n) is 2.07. The van der Waals surface area contributed by atoms with Gasteiger partial charge in [-0.2, -0.15) is 0 Å². The van der Waals surface area contributed by atoms with E-state index in [2.05, 4.69) is 11.3 Å². The molecule has 4 nitrogen and oxygen atoms in total. The number of nitrogens with one attached hydrogen (secondary N) is 1. The molecule has 0 aliphatic heterocycles. The highest BCUT2D eigenvalue weighted by atomic mass is 35.5. The highest BCUT2D eigenvalue weighted by molar-refractivity contribution is 7.89. The summed E-state index contributed by atoms with van der Waals surface area (Å²) in [6.07, 6.45) is 1.46. The van der Waals surface area contributed by atoms with E-state index in [0.717, 1.165) is 0 Å². The minimum Gasteiger partial charge on any atom is -0.398 e. The van der Waals surface area contributed by atoms with Gasteiger partial charge in [-0.3, -0.25) is 0 Å². The monoisotopic (exact) mass is 260 g/mol. The van der Waals surface area contributed by atoms with Crippen molar-refractivity contribution in [2.45, 2.75) is 11.8 Å². The van der Waals surface area contributed by atoms with Crippen molar-refractivity contribution in [3.05, 3.63) is 35.4 Å². The van der Waals surface area contributed by atoms with Gasteiger partial charge in [0.25, 0.3) is 0 Å². The van der Waals surface area contributed by atoms with Gasteiger partial charge >= 0.3 is 0 Å². The van der Waals surface area contributed by atoms with E-state index in [1.165, 1.54) is 18.2 Å². The summed E-state index contributed by atoms with van der Waals surface area (Å²) < 4.78 is 26.0. The van der Waals surface area contributed by atoms with E-state index in [0.29, 0.717) is 16.3 Å². The second-order valence-electron chi connectivity index (χ2n) is 3.26. The van der Waals surface area contributed by atoms with Gasteiger partial charge in [0, 0.05) is 17.3 Å². The van der Waals surface area contributed by atoms with E-state index in [1.54, 1.807) is 6.92 Å². The smallest absolute Gasteiger partial charge is 0.241 e. The molecule has 0 heterocycles. The third-order valence-corrected chi connectivity index (χ3v) is 3.84. The van der Waals surface area contributed by atoms with Crippen LogP contribution in [0, 0.1) is 6.92 Å². The van der Waals surface area contributed by atoms with Gasteiger partial charge in [0.05, 0.1) is 4.90 Å². The Bertz CT molecular complexity index is 512. The highest BCUT2D eigenvalue weighted by Crippen LogP contribution is 2.25. The van der Waals surface area contributed by atoms with E-state index in [-0.39, 0.29) is 11.4 Å². The van der Waals surface area contributed by atoms with E-state index in [4.69, 9.17) is 17.3 Å². The van der Waals surface area contributed by atoms with Gasteiger partial charge in [-0.1, -0.05) is 17.7 Å². The predicted molar refractivity (Wildman–Crippen MR) is 66.0 cm³/mol. The van der Waals surface area contributed by atoms with Crippen LogP contribution in [-0.4, -0.2) is 15.0 Å². The first-order valence-electron chi connectivity index (χ1n) is 4.54. The number of rotatable bonds is 4. The molecule has 0 spiro atoms. The number of benzene rings is 1. The molecule has 3 N–H and O–H groups in total. The Balaban J connectivity index is 3.27. The van der Waals surface area contributed by atoms with Crippen LogP contribution >= 0.6 is 11.6 Å². The molecule has 1 aromatic rings. The second kappa shape index (κ2) is 4.86. The fourth-order valence-corrected chi connectivity index (χ4v) is 2.79. The van der Waals surface area contributed by atoms with E-state index < -0.39 is 10.0 Å². The Morgan fingerprint density at radius 3 is 2.75 bits per heavy atom. The van der Waals surface area contributed by atoms with Gasteiger partial charge in [0.2, 0.25) is 10.0 Å². The fourth-order valence-electron chi connectivity index (χ4n) is 1.20. The van der Waals surface area contributed by atoms with Crippen molar-refractivity contribution in [1.29, 1.82) is 0 Å². The summed E-state index contributed by atoms with van der Waals surface area (Å²) in [5.74, 6) is 0. The molecule has 0 fully saturated rings. The Morgan fingerprint density at radius 1 is 1.56 bits per heavy atom. The van der Waals surface area contributed by atoms with E-state index >= 15 is 0 Å². The van der Waals surface area contributed by atoms with Gasteiger partial charge < -0.3 is 5.73 Å². The largest absolute Gasteiger partial charge is 0.398 e. The molecule has 0 aromatic heterocycles. The molecular weight excluding hydrogens is 248 g/mol. The van der Waals surface area contributed by atoms with Crippen molar-refractivity contribution >= 4 is 27.3 Å². The average Bonchev–Trinajstić information content (AvgIpc) is 2.20. The van der Waals surface area contributed by atoms with Crippen molar-refractivity contribution in [2.75, 3.05) is 12.3 Å². The molecule has 88 valence electrons. The SMILES string of the molecule is C=CCNS(=O)(=O)c1cc(Cl)cc(N)c1C. The van der Waals surface area contributed by atoms with Crippen LogP contribution in [0.1, 0.15) is 5.56 Å². The van der Waals surface area contributed by atoms with Crippen molar-refractivity contribution in [3.63, 3.8) is 0 Å². The molecule has 0 bridgehead atoms. The lowest BCUT2D eigenvalue weighted by molar-refractivity contribution is 0.585. The zero-order valence-corrected chi connectivity index (χ0v) is 10.4. The number of hydrogen-bond acceptors (Lipinski definition) is 3. The maximum absolute atomic E-state index is 11.8. The quantitative estimate of drug-likeness (QED) is 0.639. The maximum atomic E-state index is 11.8. The molecule has 6 heteroatoms. The van der Waals surface area contributed by atoms with Crippen LogP contribution in [0.2, 0.25) is 5.02 Å². The Morgan fingerprint density at radius 2 is 2.19 bits per heavy atom. The topological polar surface area (TPSA) is 72.2 Å². The lowest BCUT2D eigenvalue weighted by Crippen LogP contribution is -2.24. The number of anilines is 1. The van der Waals surface area contributed by atoms with Crippen LogP contribution in [0.5, 0.6) is 0 Å². The standard InChI is InChI=1S/C10H13ClN2O2S/c1-3-4-13-16(14,15)10-6-8(11)5-9(12)7(10)2/h3,5-6,13H,1,4,12H2,2H3. The van der Waals surface area contributed by atoms with Crippen LogP contribution in [0.25, 0.3) is 0 Å². The molecule has 0 aliphatic rings. The van der Waals surface area contributed by atoms with Crippen molar-refractivity contribution in [2.24, 2.45) is 0 Å². The van der Waals surface area contributed by atoms with Crippen LogP contribution in [0.3, 0.4) is 0 Å². The minimum atomic E-state index is -3.58. The molecule has 0 saturated carbocycles. The molecule has 1 rings (SSSR count). The van der Waals surface area contributed by atoms with Crippen molar-refractivity contribution in [1.82, 2.24) is 4.72 Å². The second-order valence-corrected chi connectivity index (χ2v) is 5.43. The van der Waals surface area contributed by atoms with Gasteiger partial charge in [-0.25, -0.2) is 13.1 Å². The van der Waals surface area contributed by atoms with Gasteiger partial charge in [-0.05, 0) is 24.6 Å². The lowest BCUT2D eigenvalue weighted by atomic mass is 10.2. The summed E-state index contributed by atoms with van der Waals surface area (Å²) >= 11 is 5.77. The van der Waals surface area contributed by atoms with Gasteiger partial charge in [-0.15, -0.1) is 6.58 Å². The highest BCUT2D eigenvalue weighted by Gasteiger charge is 2.17. The molecule has 0 saturated heterocycles. The predicted octanol–water partition coefficient (Wildman–Crippen LogP) is 1.69. The molecule has 0 radical (unpaired) electrons. The number of hydrogen-bond donors (Lipinski definition) is 2. The number of sulfonamides is 1. The molecule has 16 heavy (non-hydrogen) atoms. The molecular formula is C10H13ClN2O2S. The average molecular weight is 261 g/mol. The first-order valence-corrected chi connectivity index (χ1v) is 6.41. The summed E-state index contributed by atoms with van der Waals surface area (Å²) in [6.45, 7) is 5.23. The zero-order valence-electron chi connectivity index (χ0n) is 8.83. The van der Waals surface area contributed by atoms with E-state index in [1.807, 2.05) is 0 Å². The van der Waals surface area contributed by atoms with E-state index in [9.17, 15) is 8.42 Å². The van der Waals surface area contributed by atoms with Crippen LogP contribution in [-0.2, 0) is 10.0 Å². The van der Waals surface area contributed by atoms with Gasteiger partial charge in [0.15, 0.2) is 0 Å². The first kappa shape index (κ1) is 13.0. The van der Waals surface area contributed by atoms with Crippen LogP contribution in [0.15, 0.2) is 29.7 Å². The summed E-state index contributed by atoms with van der Waals surface area (Å²) in [6, 6.07) is 2.89. The molecule has 0 unspecified atom stereocenters. The zero-order chi connectivity index (χ0) is 12.3. The number of nitrogen functional groups attached to an aromatic ring is 1. The lowest BCUT2D eigenvalue weighted by Gasteiger charge is -2.10. The van der Waals surface area contributed by atoms with Crippen molar-refractivity contribution < 1.29 is 8.42 Å². The first-order chi connectivity index (χ1) is 7.38. The number of halogens is 1. The maximum Gasteiger partial charge on any atom is 0.241 e. The normalized spacial score (nSPS) is 11.4. The molecule has 0 amide bonds. The molecule has 0 atom stereocenters. The summed E-state index contributed by atoms with van der Waals surface area (Å²) in [5, 5.41) is 0.294. The Hall–Kier alpha value is -1.04. The van der Waals surface area contributed by atoms with Crippen LogP contribution in [0.4, 0.5) is 5.69 Å². The summed E-state index contributed by atoms with van der Waals surface area (Å²) in [7, 11) is -3.58. The third kappa shape index (κ3) is 2.75. The molecule has 0 aliphatic carbocycles. The Kier molecular flexibility index (Phi) is 3.96. The Labute approximate surface area is 100 Å². The number of nitrogens with two attached hydrogens (primary N) is 1. The summed E-state index contributed by atoms with van der Waals surface area (Å²) in [5.41, 5.74) is 6.49. The minimum absolute atomic E-state index is 0.0966. The van der Waals surface area contributed by atoms with Crippen LogP contribution < -0.4 is 10.5 Å². The van der Waals surface area contributed by atoms with Crippen molar-refractivity contribution in [3.8, 4) is 0 Å². The summed E-state index contributed by atoms with van der Waals surface area (Å²) in [4.78, 5) is 0.0966. The fraction of sp³-hybridized carbons (Fsp3) is 0.200.